The Morgan fingerprint density at radius 1 is 0.645 bits per heavy atom. The van der Waals surface area contributed by atoms with Crippen LogP contribution >= 0.6 is 15.6 Å². The van der Waals surface area contributed by atoms with Crippen molar-refractivity contribution in [2.75, 3.05) is 26.4 Å². The van der Waals surface area contributed by atoms with Crippen LogP contribution in [-0.2, 0) is 27.2 Å². The molecule has 0 aromatic heterocycles. The largest absolute Gasteiger partial charge is 0.530 e. The van der Waals surface area contributed by atoms with Gasteiger partial charge in [-0.05, 0) is 48.5 Å². The van der Waals surface area contributed by atoms with Gasteiger partial charge in [-0.2, -0.15) is 0 Å². The molecule has 0 saturated carbocycles. The molecule has 0 amide bonds. The average Bonchev–Trinajstić information content (AvgIpc) is 2.79. The highest BCUT2D eigenvalue weighted by molar-refractivity contribution is 7.49. The van der Waals surface area contributed by atoms with E-state index >= 15 is 0 Å². The maximum absolute atomic E-state index is 12.7. The Kier molecular flexibility index (Phi) is 6.12. The summed E-state index contributed by atoms with van der Waals surface area (Å²) in [6.45, 7) is -0.315. The lowest BCUT2D eigenvalue weighted by Gasteiger charge is -2.41. The van der Waals surface area contributed by atoms with Gasteiger partial charge in [0.1, 0.15) is 24.1 Å². The fraction of sp³-hybridized carbons (Fsp3) is 0.263. The highest BCUT2D eigenvalue weighted by atomic mass is 31.2. The molecule has 0 aliphatic carbocycles. The van der Waals surface area contributed by atoms with Crippen LogP contribution in [0.4, 0.5) is 0 Å². The zero-order chi connectivity index (χ0) is 22.0. The number of phosphoric ester groups is 2. The van der Waals surface area contributed by atoms with E-state index in [-0.39, 0.29) is 37.9 Å². The Balaban J connectivity index is 1.33. The van der Waals surface area contributed by atoms with Crippen molar-refractivity contribution < 1.29 is 45.9 Å². The van der Waals surface area contributed by atoms with Crippen LogP contribution in [0.2, 0.25) is 0 Å². The van der Waals surface area contributed by atoms with E-state index < -0.39 is 21.1 Å². The third kappa shape index (κ3) is 5.13. The molecule has 2 fully saturated rings. The van der Waals surface area contributed by atoms with E-state index in [9.17, 15) is 18.7 Å². The number of carbonyl (C=O) groups is 2. The molecule has 164 valence electrons. The van der Waals surface area contributed by atoms with Crippen molar-refractivity contribution >= 4 is 28.2 Å². The third-order valence-corrected chi connectivity index (χ3v) is 7.23. The molecular formula is C19H18O10P2. The predicted octanol–water partition coefficient (Wildman–Crippen LogP) is 4.07. The Bertz CT molecular complexity index is 937. The zero-order valence-corrected chi connectivity index (χ0v) is 17.9. The van der Waals surface area contributed by atoms with Crippen molar-refractivity contribution in [1.29, 1.82) is 0 Å². The molecule has 0 unspecified atom stereocenters. The maximum Gasteiger partial charge on any atom is 0.530 e. The molecule has 31 heavy (non-hydrogen) atoms. The molecule has 12 heteroatoms. The fourth-order valence-electron chi connectivity index (χ4n) is 2.77. The van der Waals surface area contributed by atoms with Gasteiger partial charge in [0, 0.05) is 11.1 Å². The molecule has 1 spiro atoms. The predicted molar refractivity (Wildman–Crippen MR) is 106 cm³/mol. The standard InChI is InChI=1S/C19H18O10P2/c20-9-15-1-5-17(6-2-15)28-30(22)24-11-19(12-25-30)13-26-31(23,27-14-19)29-18-7-3-16(10-21)4-8-18/h1-10H,11-14H2. The van der Waals surface area contributed by atoms with Gasteiger partial charge >= 0.3 is 15.6 Å². The van der Waals surface area contributed by atoms with E-state index in [2.05, 4.69) is 0 Å². The van der Waals surface area contributed by atoms with Crippen molar-refractivity contribution in [2.24, 2.45) is 5.41 Å². The summed E-state index contributed by atoms with van der Waals surface area (Å²) >= 11 is 0. The molecule has 0 radical (unpaired) electrons. The summed E-state index contributed by atoms with van der Waals surface area (Å²) in [5.74, 6) is 0.444. The molecule has 0 atom stereocenters. The van der Waals surface area contributed by atoms with Crippen molar-refractivity contribution in [3.63, 3.8) is 0 Å². The second kappa shape index (κ2) is 8.67. The Hall–Kier alpha value is -2.32. The summed E-state index contributed by atoms with van der Waals surface area (Å²) in [7, 11) is -7.75. The molecule has 4 rings (SSSR count). The van der Waals surface area contributed by atoms with Gasteiger partial charge in [0.15, 0.2) is 0 Å². The van der Waals surface area contributed by atoms with Crippen LogP contribution in [0.5, 0.6) is 11.5 Å². The first kappa shape index (κ1) is 21.9. The number of hydrogen-bond donors (Lipinski definition) is 0. The monoisotopic (exact) mass is 468 g/mol. The van der Waals surface area contributed by atoms with Gasteiger partial charge in [-0.3, -0.25) is 27.7 Å². The van der Waals surface area contributed by atoms with Gasteiger partial charge in [0.25, 0.3) is 0 Å². The Morgan fingerprint density at radius 3 is 1.26 bits per heavy atom. The molecule has 2 aromatic rings. The molecule has 2 aromatic carbocycles. The summed E-state index contributed by atoms with van der Waals surface area (Å²) in [5.41, 5.74) is 0.0490. The van der Waals surface area contributed by atoms with E-state index in [1.54, 1.807) is 0 Å². The molecule has 2 aliphatic heterocycles. The van der Waals surface area contributed by atoms with E-state index in [0.29, 0.717) is 23.7 Å². The smallest absolute Gasteiger partial charge is 0.404 e. The summed E-state index contributed by atoms with van der Waals surface area (Å²) in [5, 5.41) is 0. The summed E-state index contributed by atoms with van der Waals surface area (Å²) in [4.78, 5) is 21.4. The molecule has 10 nitrogen and oxygen atoms in total. The number of phosphoric acid groups is 2. The number of benzene rings is 2. The lowest BCUT2D eigenvalue weighted by Crippen LogP contribution is -2.46. The van der Waals surface area contributed by atoms with Gasteiger partial charge in [-0.25, -0.2) is 9.13 Å². The molecular weight excluding hydrogens is 450 g/mol. The second-order valence-electron chi connectivity index (χ2n) is 7.04. The lowest BCUT2D eigenvalue weighted by molar-refractivity contribution is -0.0853. The topological polar surface area (TPSA) is 124 Å². The molecule has 0 N–H and O–H groups in total. The van der Waals surface area contributed by atoms with Gasteiger partial charge in [0.05, 0.1) is 31.8 Å². The van der Waals surface area contributed by atoms with Crippen molar-refractivity contribution in [3.05, 3.63) is 59.7 Å². The Morgan fingerprint density at radius 2 is 0.968 bits per heavy atom. The second-order valence-corrected chi connectivity index (χ2v) is 10.2. The van der Waals surface area contributed by atoms with E-state index in [1.807, 2.05) is 0 Å². The van der Waals surface area contributed by atoms with Crippen molar-refractivity contribution in [1.82, 2.24) is 0 Å². The van der Waals surface area contributed by atoms with Crippen LogP contribution < -0.4 is 9.05 Å². The first-order valence-electron chi connectivity index (χ1n) is 9.13. The summed E-state index contributed by atoms with van der Waals surface area (Å²) in [6, 6.07) is 11.9. The van der Waals surface area contributed by atoms with Crippen molar-refractivity contribution in [2.45, 2.75) is 0 Å². The third-order valence-electron chi connectivity index (χ3n) is 4.58. The van der Waals surface area contributed by atoms with Gasteiger partial charge < -0.3 is 9.05 Å². The van der Waals surface area contributed by atoms with Crippen LogP contribution in [-0.4, -0.2) is 39.0 Å². The number of aldehydes is 2. The first-order chi connectivity index (χ1) is 14.8. The van der Waals surface area contributed by atoms with E-state index in [0.717, 1.165) is 0 Å². The van der Waals surface area contributed by atoms with Crippen LogP contribution in [0.25, 0.3) is 0 Å². The van der Waals surface area contributed by atoms with E-state index in [1.165, 1.54) is 48.5 Å². The number of hydrogen-bond acceptors (Lipinski definition) is 10. The van der Waals surface area contributed by atoms with Crippen LogP contribution in [0.15, 0.2) is 48.5 Å². The first-order valence-corrected chi connectivity index (χ1v) is 12.1. The quantitative estimate of drug-likeness (QED) is 0.453. The minimum atomic E-state index is -3.87. The molecule has 2 heterocycles. The van der Waals surface area contributed by atoms with Gasteiger partial charge in [-0.1, -0.05) is 0 Å². The minimum Gasteiger partial charge on any atom is -0.404 e. The Labute approximate surface area is 177 Å². The SMILES string of the molecule is O=Cc1ccc(OP2(=O)OCC3(CO2)COP(=O)(Oc2ccc(C=O)cc2)OC3)cc1. The van der Waals surface area contributed by atoms with E-state index in [4.69, 9.17) is 27.1 Å². The van der Waals surface area contributed by atoms with Crippen LogP contribution in [0.3, 0.4) is 0 Å². The molecule has 2 saturated heterocycles. The number of carbonyl (C=O) groups excluding carboxylic acids is 2. The normalized spacial score (nSPS) is 30.5. The summed E-state index contributed by atoms with van der Waals surface area (Å²) < 4.78 is 57.4. The molecule has 2 aliphatic rings. The highest BCUT2D eigenvalue weighted by Gasteiger charge is 2.51. The van der Waals surface area contributed by atoms with Crippen LogP contribution in [0, 0.1) is 5.41 Å². The van der Waals surface area contributed by atoms with Crippen molar-refractivity contribution in [3.8, 4) is 11.5 Å². The van der Waals surface area contributed by atoms with Gasteiger partial charge in [0.2, 0.25) is 0 Å². The minimum absolute atomic E-state index is 0.0786. The van der Waals surface area contributed by atoms with Crippen LogP contribution in [0.1, 0.15) is 20.7 Å². The summed E-state index contributed by atoms with van der Waals surface area (Å²) in [6.07, 6.45) is 1.35. The lowest BCUT2D eigenvalue weighted by atomic mass is 9.93. The number of rotatable bonds is 6. The highest BCUT2D eigenvalue weighted by Crippen LogP contribution is 2.59. The van der Waals surface area contributed by atoms with Gasteiger partial charge in [-0.15, -0.1) is 0 Å². The maximum atomic E-state index is 12.7. The zero-order valence-electron chi connectivity index (χ0n) is 16.1. The molecule has 0 bridgehead atoms. The fourth-order valence-corrected chi connectivity index (χ4v) is 5.61. The average molecular weight is 468 g/mol.